The molecular formula is C14H11BrClN3O. The molecule has 0 bridgehead atoms. The number of anilines is 1. The predicted octanol–water partition coefficient (Wildman–Crippen LogP) is 4.03. The van der Waals surface area contributed by atoms with Gasteiger partial charge < -0.3 is 10.5 Å². The van der Waals surface area contributed by atoms with Crippen LogP contribution in [0.2, 0.25) is 5.02 Å². The van der Waals surface area contributed by atoms with E-state index < -0.39 is 0 Å². The van der Waals surface area contributed by atoms with Crippen LogP contribution in [0.4, 0.5) is 5.95 Å². The van der Waals surface area contributed by atoms with Gasteiger partial charge in [0.1, 0.15) is 5.75 Å². The fraction of sp³-hybridized carbons (Fsp3) is 0.0714. The average molecular weight is 353 g/mol. The number of hydrogen-bond acceptors (Lipinski definition) is 3. The van der Waals surface area contributed by atoms with Gasteiger partial charge in [0.05, 0.1) is 28.9 Å². The van der Waals surface area contributed by atoms with E-state index in [0.717, 1.165) is 26.9 Å². The molecule has 2 aromatic carbocycles. The molecule has 6 heteroatoms. The third-order valence-corrected chi connectivity index (χ3v) is 3.83. The van der Waals surface area contributed by atoms with Gasteiger partial charge in [0.2, 0.25) is 5.95 Å². The maximum absolute atomic E-state index is 6.30. The second kappa shape index (κ2) is 5.00. The van der Waals surface area contributed by atoms with Crippen LogP contribution in [0, 0.1) is 0 Å². The zero-order valence-corrected chi connectivity index (χ0v) is 12.9. The smallest absolute Gasteiger partial charge is 0.205 e. The van der Waals surface area contributed by atoms with Gasteiger partial charge in [0, 0.05) is 10.5 Å². The number of imidazole rings is 1. The maximum Gasteiger partial charge on any atom is 0.205 e. The molecule has 102 valence electrons. The van der Waals surface area contributed by atoms with Crippen LogP contribution in [-0.4, -0.2) is 16.7 Å². The molecule has 2 N–H and O–H groups in total. The van der Waals surface area contributed by atoms with Gasteiger partial charge in [-0.05, 0) is 30.3 Å². The molecule has 1 aromatic heterocycles. The highest BCUT2D eigenvalue weighted by Crippen LogP contribution is 2.31. The molecule has 0 aliphatic carbocycles. The van der Waals surface area contributed by atoms with Crippen molar-refractivity contribution in [2.45, 2.75) is 0 Å². The maximum atomic E-state index is 6.30. The van der Waals surface area contributed by atoms with Crippen LogP contribution < -0.4 is 10.5 Å². The first-order valence-corrected chi connectivity index (χ1v) is 7.04. The van der Waals surface area contributed by atoms with Gasteiger partial charge in [-0.25, -0.2) is 4.98 Å². The Kier molecular flexibility index (Phi) is 3.31. The summed E-state index contributed by atoms with van der Waals surface area (Å²) in [5, 5.41) is 0.591. The van der Waals surface area contributed by atoms with Crippen molar-refractivity contribution in [1.29, 1.82) is 0 Å². The fourth-order valence-electron chi connectivity index (χ4n) is 2.12. The van der Waals surface area contributed by atoms with Crippen molar-refractivity contribution in [1.82, 2.24) is 9.55 Å². The molecule has 0 aliphatic heterocycles. The first kappa shape index (κ1) is 13.3. The fourth-order valence-corrected chi connectivity index (χ4v) is 2.87. The normalized spacial score (nSPS) is 10.9. The van der Waals surface area contributed by atoms with Crippen LogP contribution in [0.15, 0.2) is 40.9 Å². The summed E-state index contributed by atoms with van der Waals surface area (Å²) in [4.78, 5) is 4.34. The van der Waals surface area contributed by atoms with E-state index in [-0.39, 0.29) is 0 Å². The van der Waals surface area contributed by atoms with Crippen molar-refractivity contribution in [3.8, 4) is 11.4 Å². The molecule has 0 unspecified atom stereocenters. The minimum atomic E-state index is 0.387. The van der Waals surface area contributed by atoms with E-state index in [9.17, 15) is 0 Å². The Morgan fingerprint density at radius 1 is 1.25 bits per heavy atom. The molecule has 0 amide bonds. The summed E-state index contributed by atoms with van der Waals surface area (Å²) in [6.45, 7) is 0. The van der Waals surface area contributed by atoms with E-state index in [1.807, 2.05) is 41.0 Å². The Hall–Kier alpha value is -1.72. The number of benzene rings is 2. The number of ether oxygens (including phenoxy) is 1. The molecule has 0 saturated carbocycles. The molecule has 20 heavy (non-hydrogen) atoms. The summed E-state index contributed by atoms with van der Waals surface area (Å²) < 4.78 is 7.97. The third kappa shape index (κ3) is 2.13. The number of hydrogen-bond donors (Lipinski definition) is 1. The lowest BCUT2D eigenvalue weighted by atomic mass is 10.2. The molecule has 0 aliphatic rings. The molecule has 1 heterocycles. The molecule has 0 radical (unpaired) electrons. The Balaban J connectivity index is 2.31. The van der Waals surface area contributed by atoms with E-state index in [4.69, 9.17) is 22.1 Å². The lowest BCUT2D eigenvalue weighted by Crippen LogP contribution is -2.01. The number of fused-ring (bicyclic) bond motifs is 1. The summed E-state index contributed by atoms with van der Waals surface area (Å²) in [6.07, 6.45) is 0. The van der Waals surface area contributed by atoms with Crippen molar-refractivity contribution in [3.63, 3.8) is 0 Å². The van der Waals surface area contributed by atoms with Crippen molar-refractivity contribution >= 4 is 44.5 Å². The van der Waals surface area contributed by atoms with Crippen LogP contribution >= 0.6 is 27.5 Å². The van der Waals surface area contributed by atoms with E-state index >= 15 is 0 Å². The van der Waals surface area contributed by atoms with E-state index in [1.165, 1.54) is 0 Å². The summed E-state index contributed by atoms with van der Waals surface area (Å²) in [5.41, 5.74) is 8.45. The second-order valence-corrected chi connectivity index (χ2v) is 5.58. The van der Waals surface area contributed by atoms with Crippen LogP contribution in [0.1, 0.15) is 0 Å². The number of methoxy groups -OCH3 is 1. The van der Waals surface area contributed by atoms with Crippen molar-refractivity contribution < 1.29 is 4.74 Å². The topological polar surface area (TPSA) is 53.1 Å². The van der Waals surface area contributed by atoms with E-state index in [1.54, 1.807) is 7.11 Å². The van der Waals surface area contributed by atoms with E-state index in [0.29, 0.717) is 11.0 Å². The highest BCUT2D eigenvalue weighted by Gasteiger charge is 2.13. The van der Waals surface area contributed by atoms with Gasteiger partial charge in [0.15, 0.2) is 0 Å². The number of nitrogens with two attached hydrogens (primary N) is 1. The van der Waals surface area contributed by atoms with Crippen LogP contribution in [0.3, 0.4) is 0 Å². The first-order valence-electron chi connectivity index (χ1n) is 5.87. The SMILES string of the molecule is COc1ccc2nc(N)n(-c3ccc(Br)cc3Cl)c2c1. The van der Waals surface area contributed by atoms with Gasteiger partial charge >= 0.3 is 0 Å². The van der Waals surface area contributed by atoms with Crippen LogP contribution in [0.5, 0.6) is 5.75 Å². The Labute approximate surface area is 129 Å². The van der Waals surface area contributed by atoms with Crippen LogP contribution in [-0.2, 0) is 0 Å². The highest BCUT2D eigenvalue weighted by molar-refractivity contribution is 9.10. The van der Waals surface area contributed by atoms with Gasteiger partial charge in [-0.3, -0.25) is 4.57 Å². The average Bonchev–Trinajstić information content (AvgIpc) is 2.74. The minimum Gasteiger partial charge on any atom is -0.497 e. The van der Waals surface area contributed by atoms with Crippen molar-refractivity contribution in [2.75, 3.05) is 12.8 Å². The Bertz CT molecular complexity index is 800. The van der Waals surface area contributed by atoms with Gasteiger partial charge in [-0.2, -0.15) is 0 Å². The van der Waals surface area contributed by atoms with Gasteiger partial charge in [0.25, 0.3) is 0 Å². The quantitative estimate of drug-likeness (QED) is 0.757. The third-order valence-electron chi connectivity index (χ3n) is 3.04. The zero-order chi connectivity index (χ0) is 14.3. The first-order chi connectivity index (χ1) is 9.60. The molecular weight excluding hydrogens is 342 g/mol. The molecule has 0 saturated heterocycles. The minimum absolute atomic E-state index is 0.387. The van der Waals surface area contributed by atoms with Gasteiger partial charge in [-0.1, -0.05) is 27.5 Å². The number of aromatic nitrogens is 2. The second-order valence-electron chi connectivity index (χ2n) is 4.26. The molecule has 0 atom stereocenters. The standard InChI is InChI=1S/C14H11BrClN3O/c1-20-9-3-4-11-13(7-9)19(14(17)18-11)12-5-2-8(15)6-10(12)16/h2-7H,1H3,(H2,17,18). The molecule has 3 aromatic rings. The summed E-state index contributed by atoms with van der Waals surface area (Å²) in [7, 11) is 1.62. The van der Waals surface area contributed by atoms with Gasteiger partial charge in [-0.15, -0.1) is 0 Å². The zero-order valence-electron chi connectivity index (χ0n) is 10.6. The molecule has 0 fully saturated rings. The van der Waals surface area contributed by atoms with Crippen LogP contribution in [0.25, 0.3) is 16.7 Å². The number of halogens is 2. The Morgan fingerprint density at radius 3 is 2.75 bits per heavy atom. The van der Waals surface area contributed by atoms with Crippen molar-refractivity contribution in [3.05, 3.63) is 45.9 Å². The molecule has 0 spiro atoms. The lowest BCUT2D eigenvalue weighted by Gasteiger charge is -2.09. The number of rotatable bonds is 2. The largest absolute Gasteiger partial charge is 0.497 e. The monoisotopic (exact) mass is 351 g/mol. The molecule has 3 rings (SSSR count). The van der Waals surface area contributed by atoms with E-state index in [2.05, 4.69) is 20.9 Å². The molecule has 4 nitrogen and oxygen atoms in total. The number of nitrogen functional groups attached to an aromatic ring is 1. The summed E-state index contributed by atoms with van der Waals surface area (Å²) in [5.74, 6) is 1.13. The summed E-state index contributed by atoms with van der Waals surface area (Å²) >= 11 is 9.69. The number of nitrogens with zero attached hydrogens (tertiary/aromatic N) is 2. The predicted molar refractivity (Wildman–Crippen MR) is 84.7 cm³/mol. The van der Waals surface area contributed by atoms with Crippen molar-refractivity contribution in [2.24, 2.45) is 0 Å². The lowest BCUT2D eigenvalue weighted by molar-refractivity contribution is 0.415. The Morgan fingerprint density at radius 2 is 2.05 bits per heavy atom. The summed E-state index contributed by atoms with van der Waals surface area (Å²) in [6, 6.07) is 11.2. The highest BCUT2D eigenvalue weighted by atomic mass is 79.9.